The summed E-state index contributed by atoms with van der Waals surface area (Å²) < 4.78 is 37.5. The molecule has 12 heteroatoms. The molecule has 4 aromatic rings. The quantitative estimate of drug-likeness (QED) is 0.189. The molecule has 8 nitrogen and oxygen atoms in total. The minimum atomic E-state index is -0.881. The number of halogens is 4. The number of hydrogen-bond acceptors (Lipinski definition) is 8. The van der Waals surface area contributed by atoms with E-state index in [1.807, 2.05) is 18.2 Å². The average Bonchev–Trinajstić information content (AvgIpc) is 3.73. The van der Waals surface area contributed by atoms with Gasteiger partial charge in [-0.1, -0.05) is 38.0 Å². The molecule has 254 valence electrons. The van der Waals surface area contributed by atoms with Crippen molar-refractivity contribution in [1.82, 2.24) is 24.8 Å². The summed E-state index contributed by atoms with van der Waals surface area (Å²) in [5.41, 5.74) is 1.33. The SMILES string of the molecule is CCc1cccc2cc(O)cc(-c3ncc4c(NCC5(N(C)C)CCCC5)nc(OC[C@@]56CCCN5C[C@H](F)C6)nc4c3F)c12.Cl.Cl. The van der Waals surface area contributed by atoms with Gasteiger partial charge in [0.2, 0.25) is 0 Å². The second-order valence-electron chi connectivity index (χ2n) is 13.4. The molecule has 0 bridgehead atoms. The second kappa shape index (κ2) is 13.8. The van der Waals surface area contributed by atoms with Gasteiger partial charge in [-0.25, -0.2) is 8.78 Å². The van der Waals surface area contributed by atoms with E-state index in [9.17, 15) is 9.50 Å². The van der Waals surface area contributed by atoms with E-state index in [1.54, 1.807) is 18.3 Å². The summed E-state index contributed by atoms with van der Waals surface area (Å²) in [7, 11) is 4.20. The molecule has 2 saturated heterocycles. The summed E-state index contributed by atoms with van der Waals surface area (Å²) in [6, 6.07) is 9.18. The first-order valence-electron chi connectivity index (χ1n) is 16.3. The van der Waals surface area contributed by atoms with E-state index in [1.165, 1.54) is 0 Å². The smallest absolute Gasteiger partial charge is 0.319 e. The minimum absolute atomic E-state index is 0. The number of likely N-dealkylation sites (N-methyl/N-ethyl adjacent to an activating group) is 1. The number of hydrogen-bond donors (Lipinski definition) is 2. The van der Waals surface area contributed by atoms with Crippen LogP contribution in [0.3, 0.4) is 0 Å². The number of alkyl halides is 1. The van der Waals surface area contributed by atoms with Crippen LogP contribution in [-0.4, -0.2) is 87.4 Å². The number of aryl methyl sites for hydroxylation is 1. The van der Waals surface area contributed by atoms with E-state index in [2.05, 4.69) is 46.1 Å². The highest BCUT2D eigenvalue weighted by molar-refractivity contribution is 6.01. The Hall–Kier alpha value is -3.05. The largest absolute Gasteiger partial charge is 0.508 e. The van der Waals surface area contributed by atoms with Gasteiger partial charge >= 0.3 is 6.01 Å². The fourth-order valence-corrected chi connectivity index (χ4v) is 8.11. The van der Waals surface area contributed by atoms with Crippen LogP contribution in [0.15, 0.2) is 36.5 Å². The van der Waals surface area contributed by atoms with E-state index in [4.69, 9.17) is 9.72 Å². The highest BCUT2D eigenvalue weighted by Crippen LogP contribution is 2.42. The number of ether oxygens (including phenoxy) is 1. The molecule has 47 heavy (non-hydrogen) atoms. The molecule has 0 radical (unpaired) electrons. The van der Waals surface area contributed by atoms with Crippen molar-refractivity contribution >= 4 is 52.3 Å². The lowest BCUT2D eigenvalue weighted by molar-refractivity contribution is 0.107. The molecular formula is C35H44Cl2F2N6O2. The molecule has 2 atom stereocenters. The number of aromatic nitrogens is 3. The Labute approximate surface area is 287 Å². The number of phenols is 1. The van der Waals surface area contributed by atoms with Gasteiger partial charge in [0.05, 0.1) is 10.9 Å². The van der Waals surface area contributed by atoms with Gasteiger partial charge in [-0.15, -0.1) is 24.8 Å². The Bertz CT molecular complexity index is 1760. The standard InChI is InChI=1S/C35H42F2N6O2.2ClH/c1-4-22-9-7-10-23-15-25(44)16-26(28(22)23)30-29(37)31-27(18-38-30)32(39-20-34(42(2)3)11-5-6-12-34)41-33(40-31)45-21-35-13-8-14-43(35)19-24(36)17-35;;/h7,9-10,15-16,18,24,44H,4-6,8,11-14,17,19-21H2,1-3H3,(H,39,40,41);2*1H/t24-,35+;;/m1../s1. The Morgan fingerprint density at radius 2 is 1.89 bits per heavy atom. The fourth-order valence-electron chi connectivity index (χ4n) is 8.11. The number of rotatable bonds is 9. The third kappa shape index (κ3) is 6.30. The molecule has 1 saturated carbocycles. The molecule has 7 rings (SSSR count). The van der Waals surface area contributed by atoms with Crippen LogP contribution in [0.1, 0.15) is 57.4 Å². The van der Waals surface area contributed by atoms with Crippen molar-refractivity contribution in [2.24, 2.45) is 0 Å². The molecule has 3 aliphatic rings. The van der Waals surface area contributed by atoms with Crippen molar-refractivity contribution < 1.29 is 18.6 Å². The second-order valence-corrected chi connectivity index (χ2v) is 13.4. The molecule has 1 aliphatic carbocycles. The van der Waals surface area contributed by atoms with Crippen LogP contribution in [0.4, 0.5) is 14.6 Å². The van der Waals surface area contributed by atoms with Gasteiger partial charge in [0.1, 0.15) is 35.6 Å². The van der Waals surface area contributed by atoms with Gasteiger partial charge in [0.25, 0.3) is 0 Å². The molecule has 4 heterocycles. The number of phenolic OH excluding ortho intramolecular Hbond substituents is 1. The summed E-state index contributed by atoms with van der Waals surface area (Å²) in [6.07, 6.45) is 8.17. The van der Waals surface area contributed by atoms with Crippen LogP contribution in [0, 0.1) is 5.82 Å². The van der Waals surface area contributed by atoms with Gasteiger partial charge in [-0.05, 0) is 81.2 Å². The molecule has 0 spiro atoms. The first-order valence-corrected chi connectivity index (χ1v) is 16.3. The molecule has 2 aliphatic heterocycles. The molecule has 3 fully saturated rings. The van der Waals surface area contributed by atoms with E-state index in [0.29, 0.717) is 36.3 Å². The summed E-state index contributed by atoms with van der Waals surface area (Å²) in [5, 5.41) is 16.2. The van der Waals surface area contributed by atoms with Gasteiger partial charge in [0, 0.05) is 36.8 Å². The van der Waals surface area contributed by atoms with Gasteiger partial charge in [-0.2, -0.15) is 9.97 Å². The van der Waals surface area contributed by atoms with Crippen molar-refractivity contribution in [3.63, 3.8) is 0 Å². The van der Waals surface area contributed by atoms with Crippen molar-refractivity contribution in [3.05, 3.63) is 47.9 Å². The number of nitrogens with one attached hydrogen (secondary N) is 1. The first kappa shape index (κ1) is 35.3. The molecule has 2 aromatic carbocycles. The number of nitrogens with zero attached hydrogens (tertiary/aromatic N) is 5. The molecule has 0 amide bonds. The highest BCUT2D eigenvalue weighted by atomic mass is 35.5. The number of aromatic hydroxyl groups is 1. The van der Waals surface area contributed by atoms with Gasteiger partial charge < -0.3 is 20.1 Å². The summed E-state index contributed by atoms with van der Waals surface area (Å²) in [6.45, 7) is 4.20. The predicted octanol–water partition coefficient (Wildman–Crippen LogP) is 7.34. The molecule has 2 N–H and O–H groups in total. The zero-order valence-electron chi connectivity index (χ0n) is 27.2. The predicted molar refractivity (Wildman–Crippen MR) is 188 cm³/mol. The number of benzene rings is 2. The minimum Gasteiger partial charge on any atom is -0.508 e. The van der Waals surface area contributed by atoms with E-state index >= 15 is 4.39 Å². The Balaban J connectivity index is 0.00000217. The third-order valence-electron chi connectivity index (χ3n) is 10.6. The fraction of sp³-hybridized carbons (Fsp3) is 0.514. The van der Waals surface area contributed by atoms with Crippen molar-refractivity contribution in [3.8, 4) is 23.0 Å². The topological polar surface area (TPSA) is 86.6 Å². The Kier molecular flexibility index (Phi) is 10.4. The molecule has 0 unspecified atom stereocenters. The lowest BCUT2D eigenvalue weighted by atomic mass is 9.95. The van der Waals surface area contributed by atoms with Gasteiger partial charge in [-0.3, -0.25) is 9.88 Å². The number of anilines is 1. The van der Waals surface area contributed by atoms with Crippen molar-refractivity contribution in [2.45, 2.75) is 75.5 Å². The van der Waals surface area contributed by atoms with Gasteiger partial charge in [0.15, 0.2) is 5.82 Å². The van der Waals surface area contributed by atoms with E-state index in [-0.39, 0.29) is 65.5 Å². The van der Waals surface area contributed by atoms with Crippen LogP contribution >= 0.6 is 24.8 Å². The average molecular weight is 690 g/mol. The highest BCUT2D eigenvalue weighted by Gasteiger charge is 2.49. The van der Waals surface area contributed by atoms with E-state index < -0.39 is 12.0 Å². The molecule has 2 aromatic heterocycles. The van der Waals surface area contributed by atoms with Crippen LogP contribution in [0.5, 0.6) is 11.8 Å². The van der Waals surface area contributed by atoms with Crippen LogP contribution < -0.4 is 10.1 Å². The normalized spacial score (nSPS) is 22.0. The zero-order valence-corrected chi connectivity index (χ0v) is 28.8. The number of pyridine rings is 1. The Morgan fingerprint density at radius 1 is 1.11 bits per heavy atom. The maximum atomic E-state index is 16.8. The lowest BCUT2D eigenvalue weighted by Crippen LogP contribution is -2.47. The Morgan fingerprint density at radius 3 is 2.64 bits per heavy atom. The third-order valence-corrected chi connectivity index (χ3v) is 10.6. The maximum absolute atomic E-state index is 16.8. The first-order chi connectivity index (χ1) is 21.7. The van der Waals surface area contributed by atoms with Crippen LogP contribution in [-0.2, 0) is 6.42 Å². The summed E-state index contributed by atoms with van der Waals surface area (Å²) >= 11 is 0. The summed E-state index contributed by atoms with van der Waals surface area (Å²) in [4.78, 5) is 18.4. The monoisotopic (exact) mass is 688 g/mol. The van der Waals surface area contributed by atoms with Crippen LogP contribution in [0.2, 0.25) is 0 Å². The van der Waals surface area contributed by atoms with E-state index in [0.717, 1.165) is 67.8 Å². The lowest BCUT2D eigenvalue weighted by Gasteiger charge is -2.36. The van der Waals surface area contributed by atoms with Crippen molar-refractivity contribution in [2.75, 3.05) is 45.7 Å². The maximum Gasteiger partial charge on any atom is 0.319 e. The molecular weight excluding hydrogens is 645 g/mol. The summed E-state index contributed by atoms with van der Waals surface area (Å²) in [5.74, 6) is -0.101. The van der Waals surface area contributed by atoms with Crippen LogP contribution in [0.25, 0.3) is 32.9 Å². The number of fused-ring (bicyclic) bond motifs is 3. The van der Waals surface area contributed by atoms with Crippen molar-refractivity contribution in [1.29, 1.82) is 0 Å². The zero-order chi connectivity index (χ0) is 31.3.